The number of unbranched alkanes of at least 4 members (excludes halogenated alkanes) is 33. The molecule has 0 aromatic carbocycles. The standard InChI is InChI=1S/C50H95O8P/c1-3-5-7-9-11-13-15-17-19-21-23-24-25-26-27-29-31-33-35-37-39-41-43-45-50(52)58-48(47-57-59(53,54)55)46-56-49(51)44-42-40-38-36-34-32-30-28-22-20-18-16-14-12-10-8-6-4-2/h20-23,48H,3-19,24-47H2,1-2H3,(H2,53,54,55)/b22-20-,23-21-. The van der Waals surface area contributed by atoms with Crippen LogP contribution in [0, 0.1) is 0 Å². The molecule has 0 saturated heterocycles. The van der Waals surface area contributed by atoms with Gasteiger partial charge in [0.1, 0.15) is 6.61 Å². The van der Waals surface area contributed by atoms with Crippen LogP contribution < -0.4 is 0 Å². The molecule has 0 amide bonds. The molecule has 0 aliphatic heterocycles. The highest BCUT2D eigenvalue weighted by Crippen LogP contribution is 2.36. The Morgan fingerprint density at radius 2 is 0.712 bits per heavy atom. The highest BCUT2D eigenvalue weighted by Gasteiger charge is 2.23. The number of esters is 2. The smallest absolute Gasteiger partial charge is 0.462 e. The number of hydrogen-bond acceptors (Lipinski definition) is 6. The lowest BCUT2D eigenvalue weighted by molar-refractivity contribution is -0.161. The van der Waals surface area contributed by atoms with Gasteiger partial charge in [0, 0.05) is 12.8 Å². The third kappa shape index (κ3) is 49.1. The topological polar surface area (TPSA) is 119 Å². The van der Waals surface area contributed by atoms with Crippen LogP contribution in [-0.2, 0) is 28.2 Å². The van der Waals surface area contributed by atoms with E-state index < -0.39 is 32.5 Å². The summed E-state index contributed by atoms with van der Waals surface area (Å²) >= 11 is 0. The minimum Gasteiger partial charge on any atom is -0.462 e. The van der Waals surface area contributed by atoms with E-state index >= 15 is 0 Å². The largest absolute Gasteiger partial charge is 0.469 e. The highest BCUT2D eigenvalue weighted by atomic mass is 31.2. The van der Waals surface area contributed by atoms with E-state index in [-0.39, 0.29) is 19.4 Å². The van der Waals surface area contributed by atoms with Crippen molar-refractivity contribution in [3.63, 3.8) is 0 Å². The number of carbonyl (C=O) groups is 2. The summed E-state index contributed by atoms with van der Waals surface area (Å²) in [6, 6.07) is 0. The quantitative estimate of drug-likeness (QED) is 0.0269. The molecule has 0 aromatic heterocycles. The SMILES string of the molecule is CCCCCCCCC/C=C\CCCCCCCCCC(=O)OCC(COP(=O)(O)O)OC(=O)CCCCCCCCCCCCC/C=C\CCCCCCCCCC. The average molecular weight is 855 g/mol. The molecule has 9 heteroatoms. The first-order chi connectivity index (χ1) is 28.8. The van der Waals surface area contributed by atoms with Gasteiger partial charge in [-0.15, -0.1) is 0 Å². The predicted octanol–water partition coefficient (Wildman–Crippen LogP) is 15.9. The number of allylic oxidation sites excluding steroid dienone is 4. The van der Waals surface area contributed by atoms with Gasteiger partial charge in [0.2, 0.25) is 0 Å². The van der Waals surface area contributed by atoms with Crippen molar-refractivity contribution in [3.8, 4) is 0 Å². The lowest BCUT2D eigenvalue weighted by Crippen LogP contribution is -2.29. The van der Waals surface area contributed by atoms with Gasteiger partial charge in [0.15, 0.2) is 6.10 Å². The fourth-order valence-corrected chi connectivity index (χ4v) is 7.78. The first kappa shape index (κ1) is 57.5. The summed E-state index contributed by atoms with van der Waals surface area (Å²) in [5, 5.41) is 0. The first-order valence-electron chi connectivity index (χ1n) is 25.1. The van der Waals surface area contributed by atoms with Gasteiger partial charge in [-0.2, -0.15) is 0 Å². The zero-order chi connectivity index (χ0) is 43.2. The number of phosphoric ester groups is 1. The molecule has 1 unspecified atom stereocenters. The number of hydrogen-bond donors (Lipinski definition) is 2. The molecule has 0 spiro atoms. The van der Waals surface area contributed by atoms with Crippen molar-refractivity contribution >= 4 is 19.8 Å². The van der Waals surface area contributed by atoms with Gasteiger partial charge in [-0.25, -0.2) is 4.57 Å². The molecule has 0 saturated carbocycles. The molecular weight excluding hydrogens is 760 g/mol. The molecule has 2 N–H and O–H groups in total. The average Bonchev–Trinajstić information content (AvgIpc) is 3.21. The Hall–Kier alpha value is -1.47. The molecule has 0 fully saturated rings. The minimum atomic E-state index is -4.76. The molecule has 0 aliphatic rings. The Kier molecular flexibility index (Phi) is 44.9. The van der Waals surface area contributed by atoms with Crippen LogP contribution in [0.2, 0.25) is 0 Å². The Labute approximate surface area is 364 Å². The van der Waals surface area contributed by atoms with Crippen LogP contribution >= 0.6 is 7.82 Å². The van der Waals surface area contributed by atoms with Crippen LogP contribution in [-0.4, -0.2) is 41.0 Å². The molecule has 8 nitrogen and oxygen atoms in total. The van der Waals surface area contributed by atoms with Gasteiger partial charge in [-0.3, -0.25) is 14.1 Å². The molecular formula is C50H95O8P. The van der Waals surface area contributed by atoms with Crippen molar-refractivity contribution < 1.29 is 37.9 Å². The molecule has 0 bridgehead atoms. The van der Waals surface area contributed by atoms with Gasteiger partial charge < -0.3 is 19.3 Å². The maximum atomic E-state index is 12.5. The van der Waals surface area contributed by atoms with Crippen LogP contribution in [0.5, 0.6) is 0 Å². The summed E-state index contributed by atoms with van der Waals surface area (Å²) < 4.78 is 26.5. The molecule has 0 aromatic rings. The molecule has 0 aliphatic carbocycles. The second-order valence-corrected chi connectivity index (χ2v) is 18.4. The van der Waals surface area contributed by atoms with Crippen LogP contribution in [0.1, 0.15) is 264 Å². The fourth-order valence-electron chi connectivity index (χ4n) is 7.42. The van der Waals surface area contributed by atoms with E-state index in [2.05, 4.69) is 42.7 Å². The number of carbonyl (C=O) groups excluding carboxylic acids is 2. The lowest BCUT2D eigenvalue weighted by atomic mass is 10.0. The minimum absolute atomic E-state index is 0.213. The van der Waals surface area contributed by atoms with Gasteiger partial charge in [-0.05, 0) is 64.2 Å². The summed E-state index contributed by atoms with van der Waals surface area (Å²) in [5.41, 5.74) is 0. The maximum Gasteiger partial charge on any atom is 0.469 e. The molecule has 0 radical (unpaired) electrons. The van der Waals surface area contributed by atoms with Crippen molar-refractivity contribution in [3.05, 3.63) is 24.3 Å². The van der Waals surface area contributed by atoms with E-state index in [1.54, 1.807) is 0 Å². The summed E-state index contributed by atoms with van der Waals surface area (Å²) in [7, 11) is -4.76. The third-order valence-corrected chi connectivity index (χ3v) is 11.7. The van der Waals surface area contributed by atoms with Crippen LogP contribution in [0.25, 0.3) is 0 Å². The van der Waals surface area contributed by atoms with Crippen LogP contribution in [0.15, 0.2) is 24.3 Å². The summed E-state index contributed by atoms with van der Waals surface area (Å²) in [6.07, 6.45) is 54.8. The van der Waals surface area contributed by atoms with Crippen molar-refractivity contribution in [2.75, 3.05) is 13.2 Å². The van der Waals surface area contributed by atoms with E-state index in [4.69, 9.17) is 19.3 Å². The zero-order valence-electron chi connectivity index (χ0n) is 38.7. The normalized spacial score (nSPS) is 12.5. The Morgan fingerprint density at radius 3 is 1.03 bits per heavy atom. The highest BCUT2D eigenvalue weighted by molar-refractivity contribution is 7.46. The van der Waals surface area contributed by atoms with Crippen molar-refractivity contribution in [2.45, 2.75) is 270 Å². The summed E-state index contributed by atoms with van der Waals surface area (Å²) in [4.78, 5) is 43.1. The first-order valence-corrected chi connectivity index (χ1v) is 26.7. The van der Waals surface area contributed by atoms with Crippen molar-refractivity contribution in [1.82, 2.24) is 0 Å². The van der Waals surface area contributed by atoms with Crippen molar-refractivity contribution in [2.24, 2.45) is 0 Å². The van der Waals surface area contributed by atoms with Gasteiger partial charge >= 0.3 is 19.8 Å². The number of ether oxygens (including phenoxy) is 2. The van der Waals surface area contributed by atoms with E-state index in [1.807, 2.05) is 0 Å². The van der Waals surface area contributed by atoms with Gasteiger partial charge in [0.05, 0.1) is 6.61 Å². The summed E-state index contributed by atoms with van der Waals surface area (Å²) in [6.45, 7) is 3.72. The van der Waals surface area contributed by atoms with E-state index in [9.17, 15) is 14.2 Å². The molecule has 348 valence electrons. The Balaban J connectivity index is 3.81. The predicted molar refractivity (Wildman–Crippen MR) is 249 cm³/mol. The van der Waals surface area contributed by atoms with E-state index in [0.717, 1.165) is 51.4 Å². The monoisotopic (exact) mass is 855 g/mol. The van der Waals surface area contributed by atoms with Crippen LogP contribution in [0.3, 0.4) is 0 Å². The fraction of sp³-hybridized carbons (Fsp3) is 0.880. The molecule has 59 heavy (non-hydrogen) atoms. The number of phosphoric acid groups is 1. The van der Waals surface area contributed by atoms with E-state index in [0.29, 0.717) is 6.42 Å². The second kappa shape index (κ2) is 46.0. The molecule has 0 heterocycles. The third-order valence-electron chi connectivity index (χ3n) is 11.2. The number of rotatable bonds is 47. The molecule has 0 rings (SSSR count). The van der Waals surface area contributed by atoms with E-state index in [1.165, 1.54) is 180 Å². The summed E-state index contributed by atoms with van der Waals surface area (Å²) in [5.74, 6) is -0.878. The van der Waals surface area contributed by atoms with Gasteiger partial charge in [0.25, 0.3) is 0 Å². The zero-order valence-corrected chi connectivity index (χ0v) is 39.6. The lowest BCUT2D eigenvalue weighted by Gasteiger charge is -2.18. The van der Waals surface area contributed by atoms with Gasteiger partial charge in [-0.1, -0.05) is 212 Å². The second-order valence-electron chi connectivity index (χ2n) is 17.1. The van der Waals surface area contributed by atoms with Crippen LogP contribution in [0.4, 0.5) is 0 Å². The molecule has 1 atom stereocenters. The maximum absolute atomic E-state index is 12.5. The Morgan fingerprint density at radius 1 is 0.424 bits per heavy atom. The Bertz CT molecular complexity index is 1010. The van der Waals surface area contributed by atoms with Crippen molar-refractivity contribution in [1.29, 1.82) is 0 Å².